The monoisotopic (exact) mass is 243 g/mol. The molecule has 0 spiro atoms. The van der Waals surface area contributed by atoms with Gasteiger partial charge in [0.15, 0.2) is 9.84 Å². The van der Waals surface area contributed by atoms with E-state index in [1.807, 2.05) is 18.9 Å². The minimum absolute atomic E-state index is 0.00378. The van der Waals surface area contributed by atoms with E-state index in [1.54, 1.807) is 24.3 Å². The van der Waals surface area contributed by atoms with Crippen LogP contribution in [0.2, 0.25) is 0 Å². The molecule has 1 aromatic rings. The summed E-state index contributed by atoms with van der Waals surface area (Å²) < 4.78 is 22.5. The molecule has 0 radical (unpaired) electrons. The normalized spacial score (nSPS) is 13.5. The van der Waals surface area contributed by atoms with Crippen molar-refractivity contribution >= 4 is 15.5 Å². The Morgan fingerprint density at radius 2 is 1.81 bits per heavy atom. The van der Waals surface area contributed by atoms with Crippen LogP contribution >= 0.6 is 0 Å². The SMILES string of the molecule is CC(CO)N(C)c1ccc(S(C)(=O)=O)cc1. The average Bonchev–Trinajstić information content (AvgIpc) is 2.26. The maximum absolute atomic E-state index is 11.3. The maximum atomic E-state index is 11.3. The molecule has 90 valence electrons. The number of rotatable bonds is 4. The van der Waals surface area contributed by atoms with Gasteiger partial charge in [0.2, 0.25) is 0 Å². The highest BCUT2D eigenvalue weighted by molar-refractivity contribution is 7.90. The van der Waals surface area contributed by atoms with E-state index in [1.165, 1.54) is 6.26 Å². The van der Waals surface area contributed by atoms with Crippen LogP contribution in [0.25, 0.3) is 0 Å². The fourth-order valence-corrected chi connectivity index (χ4v) is 1.94. The highest BCUT2D eigenvalue weighted by atomic mass is 32.2. The second-order valence-corrected chi connectivity index (χ2v) is 5.92. The molecule has 5 heteroatoms. The van der Waals surface area contributed by atoms with E-state index in [2.05, 4.69) is 0 Å². The van der Waals surface area contributed by atoms with Crippen LogP contribution in [-0.2, 0) is 9.84 Å². The van der Waals surface area contributed by atoms with E-state index in [4.69, 9.17) is 5.11 Å². The Balaban J connectivity index is 2.96. The topological polar surface area (TPSA) is 57.6 Å². The lowest BCUT2D eigenvalue weighted by Gasteiger charge is -2.25. The van der Waals surface area contributed by atoms with Crippen molar-refractivity contribution in [3.8, 4) is 0 Å². The second kappa shape index (κ2) is 4.84. The number of anilines is 1. The number of benzene rings is 1. The maximum Gasteiger partial charge on any atom is 0.175 e. The molecule has 1 aromatic carbocycles. The van der Waals surface area contributed by atoms with Gasteiger partial charge in [-0.3, -0.25) is 0 Å². The number of aliphatic hydroxyl groups is 1. The first-order valence-electron chi connectivity index (χ1n) is 5.00. The Labute approximate surface area is 96.4 Å². The van der Waals surface area contributed by atoms with Crippen LogP contribution < -0.4 is 4.90 Å². The molecule has 0 aliphatic heterocycles. The number of hydrogen-bond acceptors (Lipinski definition) is 4. The molecule has 4 nitrogen and oxygen atoms in total. The molecule has 0 aromatic heterocycles. The van der Waals surface area contributed by atoms with Crippen molar-refractivity contribution in [1.29, 1.82) is 0 Å². The first-order valence-corrected chi connectivity index (χ1v) is 6.89. The summed E-state index contributed by atoms with van der Waals surface area (Å²) >= 11 is 0. The molecule has 1 atom stereocenters. The predicted octanol–water partition coefficient (Wildman–Crippen LogP) is 0.907. The molecular weight excluding hydrogens is 226 g/mol. The van der Waals surface area contributed by atoms with Crippen molar-refractivity contribution in [2.45, 2.75) is 17.9 Å². The molecule has 0 heterocycles. The van der Waals surface area contributed by atoms with Gasteiger partial charge in [-0.05, 0) is 31.2 Å². The molecule has 0 aliphatic carbocycles. The highest BCUT2D eigenvalue weighted by Gasteiger charge is 2.10. The third-order valence-electron chi connectivity index (χ3n) is 2.60. The lowest BCUT2D eigenvalue weighted by molar-refractivity contribution is 0.270. The Kier molecular flexibility index (Phi) is 3.93. The van der Waals surface area contributed by atoms with E-state index >= 15 is 0 Å². The number of hydrogen-bond donors (Lipinski definition) is 1. The van der Waals surface area contributed by atoms with Gasteiger partial charge in [-0.25, -0.2) is 8.42 Å². The first-order chi connectivity index (χ1) is 7.36. The summed E-state index contributed by atoms with van der Waals surface area (Å²) in [6.45, 7) is 1.95. The zero-order valence-corrected chi connectivity index (χ0v) is 10.5. The summed E-state index contributed by atoms with van der Waals surface area (Å²) in [5, 5.41) is 9.01. The second-order valence-electron chi connectivity index (χ2n) is 3.91. The molecule has 1 unspecified atom stereocenters. The Morgan fingerprint density at radius 3 is 2.19 bits per heavy atom. The molecular formula is C11H17NO3S. The molecule has 0 aliphatic rings. The third kappa shape index (κ3) is 2.96. The summed E-state index contributed by atoms with van der Waals surface area (Å²) in [6, 6.07) is 6.63. The van der Waals surface area contributed by atoms with Crippen LogP contribution in [0.1, 0.15) is 6.92 Å². The van der Waals surface area contributed by atoms with Gasteiger partial charge >= 0.3 is 0 Å². The molecule has 16 heavy (non-hydrogen) atoms. The summed E-state index contributed by atoms with van der Waals surface area (Å²) in [4.78, 5) is 2.20. The number of sulfone groups is 1. The van der Waals surface area contributed by atoms with Crippen molar-refractivity contribution in [2.75, 3.05) is 24.8 Å². The summed E-state index contributed by atoms with van der Waals surface area (Å²) in [5.74, 6) is 0. The van der Waals surface area contributed by atoms with E-state index < -0.39 is 9.84 Å². The van der Waals surface area contributed by atoms with E-state index in [9.17, 15) is 8.42 Å². The Hall–Kier alpha value is -1.07. The van der Waals surface area contributed by atoms with Crippen molar-refractivity contribution in [1.82, 2.24) is 0 Å². The van der Waals surface area contributed by atoms with Gasteiger partial charge in [0.1, 0.15) is 0 Å². The largest absolute Gasteiger partial charge is 0.394 e. The van der Waals surface area contributed by atoms with Crippen molar-refractivity contribution < 1.29 is 13.5 Å². The van der Waals surface area contributed by atoms with E-state index in [-0.39, 0.29) is 12.6 Å². The van der Waals surface area contributed by atoms with Gasteiger partial charge in [0.05, 0.1) is 11.5 Å². The Bertz CT molecular complexity index is 439. The van der Waals surface area contributed by atoms with E-state index in [0.717, 1.165) is 5.69 Å². The standard InChI is InChI=1S/C11H17NO3S/c1-9(8-13)12(2)10-4-6-11(7-5-10)16(3,14)15/h4-7,9,13H,8H2,1-3H3. The number of nitrogens with zero attached hydrogens (tertiary/aromatic N) is 1. The van der Waals surface area contributed by atoms with Crippen LogP contribution in [0.4, 0.5) is 5.69 Å². The zero-order chi connectivity index (χ0) is 12.3. The van der Waals surface area contributed by atoms with Crippen LogP contribution in [0.3, 0.4) is 0 Å². The van der Waals surface area contributed by atoms with Crippen LogP contribution in [0.5, 0.6) is 0 Å². The zero-order valence-electron chi connectivity index (χ0n) is 9.71. The minimum atomic E-state index is -3.14. The molecule has 0 bridgehead atoms. The first kappa shape index (κ1) is 13.0. The van der Waals surface area contributed by atoms with Crippen LogP contribution in [0.15, 0.2) is 29.2 Å². The molecule has 0 saturated heterocycles. The van der Waals surface area contributed by atoms with Gasteiger partial charge in [-0.15, -0.1) is 0 Å². The summed E-state index contributed by atoms with van der Waals surface area (Å²) in [5.41, 5.74) is 0.883. The Morgan fingerprint density at radius 1 is 1.31 bits per heavy atom. The molecule has 1 rings (SSSR count). The average molecular weight is 243 g/mol. The lowest BCUT2D eigenvalue weighted by atomic mass is 10.2. The van der Waals surface area contributed by atoms with Gasteiger partial charge < -0.3 is 10.0 Å². The quantitative estimate of drug-likeness (QED) is 0.854. The van der Waals surface area contributed by atoms with Crippen LogP contribution in [-0.4, -0.2) is 39.5 Å². The number of aliphatic hydroxyl groups excluding tert-OH is 1. The smallest absolute Gasteiger partial charge is 0.175 e. The molecule has 0 fully saturated rings. The fourth-order valence-electron chi connectivity index (χ4n) is 1.31. The summed E-state index contributed by atoms with van der Waals surface area (Å²) in [6.07, 6.45) is 1.18. The highest BCUT2D eigenvalue weighted by Crippen LogP contribution is 2.18. The van der Waals surface area contributed by atoms with Gasteiger partial charge in [0.25, 0.3) is 0 Å². The van der Waals surface area contributed by atoms with Gasteiger partial charge in [-0.1, -0.05) is 0 Å². The van der Waals surface area contributed by atoms with Gasteiger partial charge in [0, 0.05) is 25.0 Å². The minimum Gasteiger partial charge on any atom is -0.394 e. The van der Waals surface area contributed by atoms with Gasteiger partial charge in [-0.2, -0.15) is 0 Å². The van der Waals surface area contributed by atoms with Crippen LogP contribution in [0, 0.1) is 0 Å². The summed E-state index contributed by atoms with van der Waals surface area (Å²) in [7, 11) is -1.28. The molecule has 0 saturated carbocycles. The molecule has 0 amide bonds. The fraction of sp³-hybridized carbons (Fsp3) is 0.455. The molecule has 1 N–H and O–H groups in total. The number of likely N-dealkylation sites (N-methyl/N-ethyl adjacent to an activating group) is 1. The lowest BCUT2D eigenvalue weighted by Crippen LogP contribution is -2.31. The third-order valence-corrected chi connectivity index (χ3v) is 3.73. The van der Waals surface area contributed by atoms with Crippen molar-refractivity contribution in [3.63, 3.8) is 0 Å². The van der Waals surface area contributed by atoms with E-state index in [0.29, 0.717) is 4.90 Å². The van der Waals surface area contributed by atoms with Crippen molar-refractivity contribution in [3.05, 3.63) is 24.3 Å². The predicted molar refractivity (Wildman–Crippen MR) is 64.5 cm³/mol. The van der Waals surface area contributed by atoms with Crippen molar-refractivity contribution in [2.24, 2.45) is 0 Å².